The third-order valence-electron chi connectivity index (χ3n) is 6.02. The molecule has 5 rings (SSSR count). The molecule has 1 saturated heterocycles. The van der Waals surface area contributed by atoms with Crippen molar-refractivity contribution < 1.29 is 13.2 Å². The van der Waals surface area contributed by atoms with Gasteiger partial charge in [-0.2, -0.15) is 5.26 Å². The molecule has 0 aliphatic carbocycles. The van der Waals surface area contributed by atoms with Gasteiger partial charge in [-0.25, -0.2) is 23.1 Å². The van der Waals surface area contributed by atoms with Crippen LogP contribution in [0, 0.1) is 34.7 Å². The van der Waals surface area contributed by atoms with E-state index in [0.29, 0.717) is 46.1 Å². The number of aromatic nitrogens is 2. The van der Waals surface area contributed by atoms with Gasteiger partial charge >= 0.3 is 0 Å². The van der Waals surface area contributed by atoms with Gasteiger partial charge in [-0.3, -0.25) is 0 Å². The zero-order valence-corrected chi connectivity index (χ0v) is 18.1. The summed E-state index contributed by atoms with van der Waals surface area (Å²) >= 11 is 0. The fourth-order valence-electron chi connectivity index (χ4n) is 4.23. The molecule has 34 heavy (non-hydrogen) atoms. The molecule has 1 aromatic heterocycles. The number of hydrogen-bond donors (Lipinski definition) is 2. The molecule has 2 heterocycles. The van der Waals surface area contributed by atoms with Gasteiger partial charge < -0.3 is 10.6 Å². The lowest BCUT2D eigenvalue weighted by Crippen LogP contribution is -2.18. The zero-order valence-electron chi connectivity index (χ0n) is 18.1. The number of benzene rings is 3. The molecule has 0 amide bonds. The fraction of sp³-hybridized carbons (Fsp3) is 0.192. The first-order chi connectivity index (χ1) is 16.5. The van der Waals surface area contributed by atoms with Gasteiger partial charge in [0.25, 0.3) is 0 Å². The van der Waals surface area contributed by atoms with Crippen LogP contribution < -0.4 is 10.6 Å². The summed E-state index contributed by atoms with van der Waals surface area (Å²) in [6.07, 6.45) is 1.05. The van der Waals surface area contributed by atoms with Crippen LogP contribution in [0.3, 0.4) is 0 Å². The normalized spacial score (nSPS) is 15.4. The second-order valence-electron chi connectivity index (χ2n) is 8.27. The summed E-state index contributed by atoms with van der Waals surface area (Å²) in [5.41, 5.74) is 1.46. The van der Waals surface area contributed by atoms with Gasteiger partial charge in [-0.05, 0) is 67.4 Å². The van der Waals surface area contributed by atoms with Crippen LogP contribution in [0.15, 0.2) is 54.6 Å². The Balaban J connectivity index is 1.65. The highest BCUT2D eigenvalue weighted by atomic mass is 19.1. The first-order valence-corrected chi connectivity index (χ1v) is 10.9. The minimum Gasteiger partial charge on any atom is -0.354 e. The van der Waals surface area contributed by atoms with Gasteiger partial charge in [0, 0.05) is 17.5 Å². The SMILES string of the molecule is N#Cc1ccc(-c2nc(NC[C@H]3CCNC3)nc3ccc(-c4c(F)cccc4F)cc23)cc1F. The van der Waals surface area contributed by atoms with Crippen molar-refractivity contribution in [2.24, 2.45) is 5.92 Å². The van der Waals surface area contributed by atoms with Crippen LogP contribution in [-0.4, -0.2) is 29.6 Å². The summed E-state index contributed by atoms with van der Waals surface area (Å²) in [6, 6.07) is 14.6. The summed E-state index contributed by atoms with van der Waals surface area (Å²) in [7, 11) is 0. The highest BCUT2D eigenvalue weighted by molar-refractivity contribution is 5.96. The summed E-state index contributed by atoms with van der Waals surface area (Å²) in [4.78, 5) is 9.21. The molecule has 4 aromatic rings. The van der Waals surface area contributed by atoms with Gasteiger partial charge in [-0.15, -0.1) is 0 Å². The van der Waals surface area contributed by atoms with Crippen LogP contribution in [-0.2, 0) is 0 Å². The predicted molar refractivity (Wildman–Crippen MR) is 124 cm³/mol. The van der Waals surface area contributed by atoms with Gasteiger partial charge in [-0.1, -0.05) is 18.2 Å². The minimum atomic E-state index is -0.685. The number of nitriles is 1. The molecule has 0 bridgehead atoms. The molecule has 2 N–H and O–H groups in total. The molecule has 170 valence electrons. The second kappa shape index (κ2) is 9.12. The number of fused-ring (bicyclic) bond motifs is 1. The Morgan fingerprint density at radius 2 is 1.76 bits per heavy atom. The summed E-state index contributed by atoms with van der Waals surface area (Å²) in [5.74, 6) is -1.22. The molecule has 1 aliphatic heterocycles. The van der Waals surface area contributed by atoms with Gasteiger partial charge in [0.15, 0.2) is 0 Å². The van der Waals surface area contributed by atoms with Crippen molar-refractivity contribution in [3.8, 4) is 28.5 Å². The minimum absolute atomic E-state index is 0.0803. The van der Waals surface area contributed by atoms with Gasteiger partial charge in [0.1, 0.15) is 23.5 Å². The van der Waals surface area contributed by atoms with Crippen LogP contribution in [0.2, 0.25) is 0 Å². The molecular formula is C26H20F3N5. The predicted octanol–water partition coefficient (Wildman–Crippen LogP) is 5.27. The molecule has 1 aliphatic rings. The van der Waals surface area contributed by atoms with E-state index in [1.807, 2.05) is 6.07 Å². The average molecular weight is 459 g/mol. The van der Waals surface area contributed by atoms with Crippen molar-refractivity contribution in [3.05, 3.63) is 77.6 Å². The molecule has 1 atom stereocenters. The molecule has 0 saturated carbocycles. The van der Waals surface area contributed by atoms with Crippen LogP contribution >= 0.6 is 0 Å². The van der Waals surface area contributed by atoms with E-state index in [0.717, 1.165) is 19.5 Å². The summed E-state index contributed by atoms with van der Waals surface area (Å²) < 4.78 is 43.3. The monoisotopic (exact) mass is 459 g/mol. The van der Waals surface area contributed by atoms with E-state index in [-0.39, 0.29) is 11.1 Å². The number of nitrogens with one attached hydrogen (secondary N) is 2. The van der Waals surface area contributed by atoms with Crippen LogP contribution in [0.1, 0.15) is 12.0 Å². The molecule has 0 radical (unpaired) electrons. The van der Waals surface area contributed by atoms with Crippen molar-refractivity contribution in [2.75, 3.05) is 25.0 Å². The average Bonchev–Trinajstić information content (AvgIpc) is 3.36. The van der Waals surface area contributed by atoms with Crippen LogP contribution in [0.25, 0.3) is 33.3 Å². The van der Waals surface area contributed by atoms with Crippen molar-refractivity contribution in [2.45, 2.75) is 6.42 Å². The third-order valence-corrected chi connectivity index (χ3v) is 6.02. The quantitative estimate of drug-likeness (QED) is 0.425. The lowest BCUT2D eigenvalue weighted by atomic mass is 9.99. The van der Waals surface area contributed by atoms with Gasteiger partial charge in [0.05, 0.1) is 22.3 Å². The Morgan fingerprint density at radius 3 is 2.47 bits per heavy atom. The number of halogens is 3. The Bertz CT molecular complexity index is 1400. The maximum Gasteiger partial charge on any atom is 0.223 e. The van der Waals surface area contributed by atoms with E-state index in [2.05, 4.69) is 20.6 Å². The Labute approximate surface area is 194 Å². The van der Waals surface area contributed by atoms with Gasteiger partial charge in [0.2, 0.25) is 5.95 Å². The Kier molecular flexibility index (Phi) is 5.86. The summed E-state index contributed by atoms with van der Waals surface area (Å²) in [5, 5.41) is 16.2. The smallest absolute Gasteiger partial charge is 0.223 e. The number of hydrogen-bond acceptors (Lipinski definition) is 5. The third kappa shape index (κ3) is 4.18. The molecule has 0 unspecified atom stereocenters. The first-order valence-electron chi connectivity index (χ1n) is 10.9. The fourth-order valence-corrected chi connectivity index (χ4v) is 4.23. The Morgan fingerprint density at radius 1 is 0.971 bits per heavy atom. The topological polar surface area (TPSA) is 73.6 Å². The van der Waals surface area contributed by atoms with Crippen molar-refractivity contribution in [1.82, 2.24) is 15.3 Å². The highest BCUT2D eigenvalue weighted by Gasteiger charge is 2.18. The molecule has 8 heteroatoms. The van der Waals surface area contributed by atoms with E-state index in [4.69, 9.17) is 5.26 Å². The van der Waals surface area contributed by atoms with Crippen LogP contribution in [0.4, 0.5) is 19.1 Å². The zero-order chi connectivity index (χ0) is 23.7. The van der Waals surface area contributed by atoms with E-state index in [9.17, 15) is 13.2 Å². The molecular weight excluding hydrogens is 439 g/mol. The van der Waals surface area contributed by atoms with E-state index < -0.39 is 17.5 Å². The molecule has 1 fully saturated rings. The second-order valence-corrected chi connectivity index (χ2v) is 8.27. The molecule has 5 nitrogen and oxygen atoms in total. The first kappa shape index (κ1) is 21.9. The standard InChI is InChI=1S/C26H20F3N5/c27-20-2-1-3-21(28)24(20)16-6-7-23-19(10-16)25(17-4-5-18(12-30)22(29)11-17)34-26(33-23)32-14-15-8-9-31-13-15/h1-7,10-11,15,31H,8-9,13-14H2,(H,32,33,34)/t15-/m0/s1. The molecule has 0 spiro atoms. The van der Waals surface area contributed by atoms with Crippen molar-refractivity contribution in [1.29, 1.82) is 5.26 Å². The number of nitrogens with zero attached hydrogens (tertiary/aromatic N) is 3. The van der Waals surface area contributed by atoms with Crippen molar-refractivity contribution >= 4 is 16.9 Å². The van der Waals surface area contributed by atoms with E-state index in [1.54, 1.807) is 24.3 Å². The largest absolute Gasteiger partial charge is 0.354 e. The maximum atomic E-state index is 14.5. The number of anilines is 1. The van der Waals surface area contributed by atoms with Crippen molar-refractivity contribution in [3.63, 3.8) is 0 Å². The highest BCUT2D eigenvalue weighted by Crippen LogP contribution is 2.34. The summed E-state index contributed by atoms with van der Waals surface area (Å²) in [6.45, 7) is 2.56. The Hall–Kier alpha value is -3.96. The lowest BCUT2D eigenvalue weighted by Gasteiger charge is -2.14. The van der Waals surface area contributed by atoms with E-state index >= 15 is 0 Å². The molecule has 3 aromatic carbocycles. The maximum absolute atomic E-state index is 14.5. The number of rotatable bonds is 5. The van der Waals surface area contributed by atoms with Crippen LogP contribution in [0.5, 0.6) is 0 Å². The van der Waals surface area contributed by atoms with E-state index in [1.165, 1.54) is 30.3 Å². The lowest BCUT2D eigenvalue weighted by molar-refractivity contribution is 0.589.